The normalized spacial score (nSPS) is 17.2. The minimum atomic E-state index is 0.886. The second-order valence-corrected chi connectivity index (χ2v) is 4.91. The molecule has 1 aromatic heterocycles. The van der Waals surface area contributed by atoms with E-state index in [0.29, 0.717) is 0 Å². The lowest BCUT2D eigenvalue weighted by atomic mass is 10.1. The van der Waals surface area contributed by atoms with E-state index >= 15 is 0 Å². The van der Waals surface area contributed by atoms with Crippen molar-refractivity contribution in [3.05, 3.63) is 23.5 Å². The van der Waals surface area contributed by atoms with Gasteiger partial charge in [-0.25, -0.2) is 0 Å². The molecule has 1 N–H and O–H groups in total. The van der Waals surface area contributed by atoms with Crippen molar-refractivity contribution in [2.24, 2.45) is 0 Å². The van der Waals surface area contributed by atoms with Gasteiger partial charge in [-0.2, -0.15) is 0 Å². The lowest BCUT2D eigenvalue weighted by Crippen LogP contribution is -2.46. The van der Waals surface area contributed by atoms with Crippen LogP contribution in [0.25, 0.3) is 0 Å². The summed E-state index contributed by atoms with van der Waals surface area (Å²) in [5.74, 6) is 0. The number of aryl methyl sites for hydroxylation is 1. The van der Waals surface area contributed by atoms with E-state index in [0.717, 1.165) is 45.0 Å². The monoisotopic (exact) mass is 248 g/mol. The molecule has 1 aliphatic heterocycles. The maximum absolute atomic E-state index is 4.41. The van der Waals surface area contributed by atoms with Gasteiger partial charge in [0.05, 0.1) is 0 Å². The summed E-state index contributed by atoms with van der Waals surface area (Å²) in [4.78, 5) is 9.40. The minimum absolute atomic E-state index is 0.886. The van der Waals surface area contributed by atoms with Crippen LogP contribution in [0.3, 0.4) is 0 Å². The van der Waals surface area contributed by atoms with Crippen molar-refractivity contribution in [1.82, 2.24) is 15.2 Å². The second kappa shape index (κ2) is 6.16. The van der Waals surface area contributed by atoms with Crippen molar-refractivity contribution >= 4 is 5.69 Å². The molecular weight excluding hydrogens is 224 g/mol. The van der Waals surface area contributed by atoms with E-state index in [-0.39, 0.29) is 0 Å². The number of piperazine rings is 1. The molecule has 1 aromatic rings. The van der Waals surface area contributed by atoms with Crippen molar-refractivity contribution in [3.8, 4) is 0 Å². The first-order valence-electron chi connectivity index (χ1n) is 6.82. The Morgan fingerprint density at radius 1 is 1.28 bits per heavy atom. The number of hydrogen-bond acceptors (Lipinski definition) is 4. The first-order chi connectivity index (χ1) is 8.74. The lowest BCUT2D eigenvalue weighted by Gasteiger charge is -2.36. The van der Waals surface area contributed by atoms with Gasteiger partial charge in [0.25, 0.3) is 0 Å². The number of rotatable bonds is 4. The third kappa shape index (κ3) is 3.00. The fourth-order valence-electron chi connectivity index (χ4n) is 2.50. The van der Waals surface area contributed by atoms with Gasteiger partial charge in [-0.15, -0.1) is 0 Å². The van der Waals surface area contributed by atoms with E-state index in [1.807, 2.05) is 13.2 Å². The number of nitrogens with zero attached hydrogens (tertiary/aromatic N) is 3. The van der Waals surface area contributed by atoms with Gasteiger partial charge in [0.1, 0.15) is 0 Å². The van der Waals surface area contributed by atoms with Crippen LogP contribution in [0.1, 0.15) is 18.2 Å². The zero-order valence-corrected chi connectivity index (χ0v) is 11.7. The van der Waals surface area contributed by atoms with Crippen LogP contribution >= 0.6 is 0 Å². The highest BCUT2D eigenvalue weighted by molar-refractivity contribution is 5.54. The van der Waals surface area contributed by atoms with Crippen LogP contribution in [0, 0.1) is 6.92 Å². The standard InChI is InChI=1S/C14H24N4/c1-4-17-5-7-18(8-6-17)14-9-12(2)16-11-13(14)10-15-3/h9,11,15H,4-8,10H2,1-3H3. The molecule has 1 fully saturated rings. The van der Waals surface area contributed by atoms with E-state index in [4.69, 9.17) is 0 Å². The van der Waals surface area contributed by atoms with E-state index in [2.05, 4.69) is 40.0 Å². The van der Waals surface area contributed by atoms with Crippen molar-refractivity contribution in [1.29, 1.82) is 0 Å². The van der Waals surface area contributed by atoms with Gasteiger partial charge in [-0.3, -0.25) is 4.98 Å². The van der Waals surface area contributed by atoms with Crippen LogP contribution in [0.2, 0.25) is 0 Å². The Kier molecular flexibility index (Phi) is 4.55. The van der Waals surface area contributed by atoms with Crippen LogP contribution in [-0.2, 0) is 6.54 Å². The molecule has 0 saturated carbocycles. The number of anilines is 1. The van der Waals surface area contributed by atoms with Gasteiger partial charge in [0.15, 0.2) is 0 Å². The molecule has 4 nitrogen and oxygen atoms in total. The predicted molar refractivity (Wildman–Crippen MR) is 76.1 cm³/mol. The molecule has 2 rings (SSSR count). The first-order valence-corrected chi connectivity index (χ1v) is 6.82. The maximum Gasteiger partial charge on any atom is 0.0446 e. The average molecular weight is 248 g/mol. The molecule has 1 aliphatic rings. The summed E-state index contributed by atoms with van der Waals surface area (Å²) in [6, 6.07) is 2.22. The smallest absolute Gasteiger partial charge is 0.0446 e. The van der Waals surface area contributed by atoms with Gasteiger partial charge in [0, 0.05) is 55.9 Å². The molecule has 18 heavy (non-hydrogen) atoms. The van der Waals surface area contributed by atoms with Crippen LogP contribution in [0.15, 0.2) is 12.3 Å². The Hall–Kier alpha value is -1.13. The molecule has 0 bridgehead atoms. The number of aromatic nitrogens is 1. The third-order valence-corrected chi connectivity index (χ3v) is 3.63. The topological polar surface area (TPSA) is 31.4 Å². The summed E-state index contributed by atoms with van der Waals surface area (Å²) in [5.41, 5.74) is 3.75. The molecule has 0 radical (unpaired) electrons. The van der Waals surface area contributed by atoms with Gasteiger partial charge in [0.2, 0.25) is 0 Å². The van der Waals surface area contributed by atoms with E-state index in [1.54, 1.807) is 0 Å². The predicted octanol–water partition coefficient (Wildman–Crippen LogP) is 1.25. The zero-order valence-electron chi connectivity index (χ0n) is 11.7. The van der Waals surface area contributed by atoms with Crippen LogP contribution < -0.4 is 10.2 Å². The zero-order chi connectivity index (χ0) is 13.0. The first kappa shape index (κ1) is 13.3. The lowest BCUT2D eigenvalue weighted by molar-refractivity contribution is 0.271. The molecule has 0 amide bonds. The summed E-state index contributed by atoms with van der Waals surface area (Å²) in [5, 5.41) is 3.23. The SMILES string of the molecule is CCN1CCN(c2cc(C)ncc2CNC)CC1. The van der Waals surface area contributed by atoms with Crippen molar-refractivity contribution in [2.75, 3.05) is 44.7 Å². The maximum atomic E-state index is 4.41. The number of pyridine rings is 1. The molecule has 0 aromatic carbocycles. The van der Waals surface area contributed by atoms with Crippen LogP contribution in [-0.4, -0.2) is 49.7 Å². The van der Waals surface area contributed by atoms with E-state index < -0.39 is 0 Å². The summed E-state index contributed by atoms with van der Waals surface area (Å²) in [6.07, 6.45) is 2.01. The number of likely N-dealkylation sites (N-methyl/N-ethyl adjacent to an activating group) is 1. The van der Waals surface area contributed by atoms with Crippen LogP contribution in [0.5, 0.6) is 0 Å². The van der Waals surface area contributed by atoms with E-state index in [9.17, 15) is 0 Å². The average Bonchev–Trinajstić information content (AvgIpc) is 2.41. The van der Waals surface area contributed by atoms with Crippen molar-refractivity contribution < 1.29 is 0 Å². The molecule has 100 valence electrons. The van der Waals surface area contributed by atoms with Crippen molar-refractivity contribution in [3.63, 3.8) is 0 Å². The highest BCUT2D eigenvalue weighted by Crippen LogP contribution is 2.22. The Bertz CT molecular complexity index is 383. The molecule has 0 spiro atoms. The molecule has 0 atom stereocenters. The quantitative estimate of drug-likeness (QED) is 0.869. The fourth-order valence-corrected chi connectivity index (χ4v) is 2.50. The number of nitrogens with one attached hydrogen (secondary N) is 1. The Morgan fingerprint density at radius 3 is 2.61 bits per heavy atom. The van der Waals surface area contributed by atoms with E-state index in [1.165, 1.54) is 11.3 Å². The summed E-state index contributed by atoms with van der Waals surface area (Å²) < 4.78 is 0. The Labute approximate surface area is 110 Å². The Morgan fingerprint density at radius 2 is 2.00 bits per heavy atom. The molecule has 0 unspecified atom stereocenters. The largest absolute Gasteiger partial charge is 0.369 e. The molecular formula is C14H24N4. The summed E-state index contributed by atoms with van der Waals surface area (Å²) in [6.45, 7) is 10.9. The van der Waals surface area contributed by atoms with Gasteiger partial charge in [-0.05, 0) is 26.6 Å². The fraction of sp³-hybridized carbons (Fsp3) is 0.643. The van der Waals surface area contributed by atoms with Gasteiger partial charge in [-0.1, -0.05) is 6.92 Å². The van der Waals surface area contributed by atoms with Crippen LogP contribution in [0.4, 0.5) is 5.69 Å². The summed E-state index contributed by atoms with van der Waals surface area (Å²) in [7, 11) is 1.98. The molecule has 0 aliphatic carbocycles. The second-order valence-electron chi connectivity index (χ2n) is 4.91. The minimum Gasteiger partial charge on any atom is -0.369 e. The highest BCUT2D eigenvalue weighted by Gasteiger charge is 2.18. The molecule has 1 saturated heterocycles. The van der Waals surface area contributed by atoms with Gasteiger partial charge < -0.3 is 15.1 Å². The van der Waals surface area contributed by atoms with Crippen molar-refractivity contribution in [2.45, 2.75) is 20.4 Å². The summed E-state index contributed by atoms with van der Waals surface area (Å²) >= 11 is 0. The Balaban J connectivity index is 2.14. The molecule has 4 heteroatoms. The molecule has 2 heterocycles. The highest BCUT2D eigenvalue weighted by atomic mass is 15.3. The third-order valence-electron chi connectivity index (χ3n) is 3.63. The van der Waals surface area contributed by atoms with Gasteiger partial charge >= 0.3 is 0 Å². The number of hydrogen-bond donors (Lipinski definition) is 1.